The minimum atomic E-state index is -0.231. The summed E-state index contributed by atoms with van der Waals surface area (Å²) < 4.78 is -0.231. The summed E-state index contributed by atoms with van der Waals surface area (Å²) in [6, 6.07) is 17.1. The largest absolute Gasteiger partial charge is 0.131 e. The SMILES string of the molecule is BrC1(Br)c2ccccc2Cc2ccccc21. The molecule has 80 valence electrons. The van der Waals surface area contributed by atoms with Gasteiger partial charge in [0.25, 0.3) is 0 Å². The molecule has 0 spiro atoms. The lowest BCUT2D eigenvalue weighted by molar-refractivity contribution is 0.963. The zero-order chi connectivity index (χ0) is 11.2. The molecule has 16 heavy (non-hydrogen) atoms. The summed E-state index contributed by atoms with van der Waals surface area (Å²) in [6.07, 6.45) is 1.02. The Morgan fingerprint density at radius 1 is 0.750 bits per heavy atom. The Morgan fingerprint density at radius 3 is 1.69 bits per heavy atom. The van der Waals surface area contributed by atoms with E-state index in [-0.39, 0.29) is 3.23 Å². The Hall–Kier alpha value is -0.600. The topological polar surface area (TPSA) is 0 Å². The van der Waals surface area contributed by atoms with E-state index in [4.69, 9.17) is 0 Å². The summed E-state index contributed by atoms with van der Waals surface area (Å²) in [7, 11) is 0. The standard InChI is InChI=1S/C14H10Br2/c15-14(16)12-7-3-1-5-10(12)9-11-6-2-4-8-13(11)14/h1-8H,9H2. The molecule has 0 bridgehead atoms. The molecule has 0 radical (unpaired) electrons. The highest BCUT2D eigenvalue weighted by molar-refractivity contribution is 9.25. The van der Waals surface area contributed by atoms with Crippen LogP contribution in [-0.4, -0.2) is 0 Å². The Labute approximate surface area is 112 Å². The van der Waals surface area contributed by atoms with Gasteiger partial charge < -0.3 is 0 Å². The van der Waals surface area contributed by atoms with Crippen LogP contribution < -0.4 is 0 Å². The van der Waals surface area contributed by atoms with Gasteiger partial charge >= 0.3 is 0 Å². The lowest BCUT2D eigenvalue weighted by Gasteiger charge is -2.31. The van der Waals surface area contributed by atoms with Crippen LogP contribution in [-0.2, 0) is 9.65 Å². The van der Waals surface area contributed by atoms with Crippen LogP contribution in [0.3, 0.4) is 0 Å². The molecule has 1 aliphatic rings. The fourth-order valence-corrected chi connectivity index (χ4v) is 3.86. The quantitative estimate of drug-likeness (QED) is 0.617. The Balaban J connectivity index is 2.28. The molecular formula is C14H10Br2. The van der Waals surface area contributed by atoms with Gasteiger partial charge in [-0.05, 0) is 28.7 Å². The summed E-state index contributed by atoms with van der Waals surface area (Å²) in [4.78, 5) is 0. The number of halogens is 2. The normalized spacial score (nSPS) is 16.4. The first-order valence-corrected chi connectivity index (χ1v) is 6.83. The molecule has 0 atom stereocenters. The third-order valence-corrected chi connectivity index (χ3v) is 4.80. The number of alkyl halides is 2. The van der Waals surface area contributed by atoms with Crippen LogP contribution in [0, 0.1) is 0 Å². The second kappa shape index (κ2) is 3.71. The molecule has 2 aromatic carbocycles. The average Bonchev–Trinajstić information content (AvgIpc) is 2.29. The van der Waals surface area contributed by atoms with E-state index in [2.05, 4.69) is 80.4 Å². The Bertz CT molecular complexity index is 496. The summed E-state index contributed by atoms with van der Waals surface area (Å²) in [5.74, 6) is 0. The summed E-state index contributed by atoms with van der Waals surface area (Å²) in [6.45, 7) is 0. The lowest BCUT2D eigenvalue weighted by Crippen LogP contribution is -2.20. The van der Waals surface area contributed by atoms with E-state index in [1.807, 2.05) is 0 Å². The predicted molar refractivity (Wildman–Crippen MR) is 74.3 cm³/mol. The van der Waals surface area contributed by atoms with Crippen molar-refractivity contribution in [3.63, 3.8) is 0 Å². The molecule has 0 aliphatic heterocycles. The van der Waals surface area contributed by atoms with Gasteiger partial charge in [0.1, 0.15) is 3.23 Å². The van der Waals surface area contributed by atoms with Crippen LogP contribution in [0.5, 0.6) is 0 Å². The van der Waals surface area contributed by atoms with Crippen LogP contribution >= 0.6 is 31.9 Å². The molecule has 2 heteroatoms. The zero-order valence-corrected chi connectivity index (χ0v) is 11.8. The van der Waals surface area contributed by atoms with Gasteiger partial charge in [-0.25, -0.2) is 0 Å². The zero-order valence-electron chi connectivity index (χ0n) is 8.58. The second-order valence-electron chi connectivity index (χ2n) is 4.07. The van der Waals surface area contributed by atoms with Crippen molar-refractivity contribution >= 4 is 31.9 Å². The van der Waals surface area contributed by atoms with Gasteiger partial charge in [0.2, 0.25) is 0 Å². The highest BCUT2D eigenvalue weighted by atomic mass is 79.9. The van der Waals surface area contributed by atoms with Gasteiger partial charge in [-0.15, -0.1) is 0 Å². The van der Waals surface area contributed by atoms with Crippen LogP contribution in [0.15, 0.2) is 48.5 Å². The van der Waals surface area contributed by atoms with Gasteiger partial charge in [0.05, 0.1) is 0 Å². The van der Waals surface area contributed by atoms with Crippen molar-refractivity contribution in [2.75, 3.05) is 0 Å². The van der Waals surface area contributed by atoms with Crippen molar-refractivity contribution in [2.45, 2.75) is 9.65 Å². The van der Waals surface area contributed by atoms with Crippen LogP contribution in [0.2, 0.25) is 0 Å². The molecular weight excluding hydrogens is 328 g/mol. The minimum absolute atomic E-state index is 0.231. The first kappa shape index (κ1) is 10.5. The molecule has 0 amide bonds. The summed E-state index contributed by atoms with van der Waals surface area (Å²) >= 11 is 7.61. The molecule has 0 nitrogen and oxygen atoms in total. The van der Waals surface area contributed by atoms with Crippen molar-refractivity contribution in [1.29, 1.82) is 0 Å². The summed E-state index contributed by atoms with van der Waals surface area (Å²) in [5, 5.41) is 0. The fourth-order valence-electron chi connectivity index (χ4n) is 2.31. The molecule has 0 fully saturated rings. The maximum absolute atomic E-state index is 3.81. The first-order valence-electron chi connectivity index (χ1n) is 5.24. The summed E-state index contributed by atoms with van der Waals surface area (Å²) in [5.41, 5.74) is 5.40. The van der Waals surface area contributed by atoms with E-state index in [0.29, 0.717) is 0 Å². The van der Waals surface area contributed by atoms with Crippen molar-refractivity contribution in [2.24, 2.45) is 0 Å². The Morgan fingerprint density at radius 2 is 1.19 bits per heavy atom. The molecule has 0 aromatic heterocycles. The maximum Gasteiger partial charge on any atom is 0.131 e. The smallest absolute Gasteiger partial charge is 0.0620 e. The Kier molecular flexibility index (Phi) is 2.45. The third-order valence-electron chi connectivity index (χ3n) is 3.09. The van der Waals surface area contributed by atoms with Crippen molar-refractivity contribution in [1.82, 2.24) is 0 Å². The minimum Gasteiger partial charge on any atom is -0.0620 e. The van der Waals surface area contributed by atoms with E-state index in [1.54, 1.807) is 0 Å². The van der Waals surface area contributed by atoms with E-state index in [1.165, 1.54) is 22.3 Å². The monoisotopic (exact) mass is 336 g/mol. The lowest BCUT2D eigenvalue weighted by atomic mass is 9.86. The van der Waals surface area contributed by atoms with E-state index < -0.39 is 0 Å². The van der Waals surface area contributed by atoms with Crippen LogP contribution in [0.4, 0.5) is 0 Å². The van der Waals surface area contributed by atoms with Crippen molar-refractivity contribution in [3.05, 3.63) is 70.8 Å². The van der Waals surface area contributed by atoms with Crippen LogP contribution in [0.25, 0.3) is 0 Å². The van der Waals surface area contributed by atoms with Gasteiger partial charge in [0, 0.05) is 0 Å². The predicted octanol–water partition coefficient (Wildman–Crippen LogP) is 4.58. The van der Waals surface area contributed by atoms with Gasteiger partial charge in [0.15, 0.2) is 0 Å². The van der Waals surface area contributed by atoms with E-state index in [0.717, 1.165) is 6.42 Å². The molecule has 0 N–H and O–H groups in total. The van der Waals surface area contributed by atoms with Gasteiger partial charge in [-0.1, -0.05) is 80.4 Å². The molecule has 0 saturated heterocycles. The molecule has 1 aliphatic carbocycles. The highest BCUT2D eigenvalue weighted by Crippen LogP contribution is 2.50. The number of benzene rings is 2. The molecule has 0 heterocycles. The van der Waals surface area contributed by atoms with Gasteiger partial charge in [-0.2, -0.15) is 0 Å². The maximum atomic E-state index is 3.81. The second-order valence-corrected chi connectivity index (χ2v) is 7.51. The molecule has 2 aromatic rings. The fraction of sp³-hybridized carbons (Fsp3) is 0.143. The van der Waals surface area contributed by atoms with Crippen LogP contribution in [0.1, 0.15) is 22.3 Å². The number of hydrogen-bond donors (Lipinski definition) is 0. The first-order chi connectivity index (χ1) is 7.69. The van der Waals surface area contributed by atoms with E-state index >= 15 is 0 Å². The number of rotatable bonds is 0. The average molecular weight is 338 g/mol. The van der Waals surface area contributed by atoms with Crippen molar-refractivity contribution < 1.29 is 0 Å². The van der Waals surface area contributed by atoms with Crippen molar-refractivity contribution in [3.8, 4) is 0 Å². The molecule has 0 saturated carbocycles. The third kappa shape index (κ3) is 1.47. The molecule has 3 rings (SSSR count). The van der Waals surface area contributed by atoms with E-state index in [9.17, 15) is 0 Å². The number of fused-ring (bicyclic) bond motifs is 2. The molecule has 0 unspecified atom stereocenters. The number of hydrogen-bond acceptors (Lipinski definition) is 0. The highest BCUT2D eigenvalue weighted by Gasteiger charge is 2.35. The van der Waals surface area contributed by atoms with Gasteiger partial charge in [-0.3, -0.25) is 0 Å².